The van der Waals surface area contributed by atoms with Crippen LogP contribution in [0.4, 0.5) is 0 Å². The molecule has 0 aromatic rings. The van der Waals surface area contributed by atoms with Gasteiger partial charge in [-0.25, -0.2) is 0 Å². The van der Waals surface area contributed by atoms with Gasteiger partial charge in [0.25, 0.3) is 0 Å². The third kappa shape index (κ3) is 4.23. The van der Waals surface area contributed by atoms with Gasteiger partial charge in [0.2, 0.25) is 0 Å². The number of esters is 1. The lowest BCUT2D eigenvalue weighted by molar-refractivity contribution is -0.144. The van der Waals surface area contributed by atoms with E-state index in [0.29, 0.717) is 12.8 Å². The molecule has 1 rings (SSSR count). The molecule has 1 saturated heterocycles. The molecule has 2 atom stereocenters. The number of azide groups is 1. The van der Waals surface area contributed by atoms with Crippen LogP contribution in [-0.4, -0.2) is 33.0 Å². The molecule has 0 aromatic carbocycles. The SMILES string of the molecule is CC(C)(C)[Si](C)(C)O[C@@H](CN=[N+]=[N-])[C@@H]1CCC(=O)O1. The van der Waals surface area contributed by atoms with E-state index in [2.05, 4.69) is 43.9 Å². The Hall–Kier alpha value is -1.04. The molecule has 0 spiro atoms. The molecule has 0 aliphatic carbocycles. The Morgan fingerprint density at radius 2 is 2.21 bits per heavy atom. The Morgan fingerprint density at radius 3 is 2.63 bits per heavy atom. The molecule has 0 aromatic heterocycles. The van der Waals surface area contributed by atoms with E-state index in [1.807, 2.05) is 0 Å². The van der Waals surface area contributed by atoms with E-state index in [4.69, 9.17) is 14.7 Å². The van der Waals surface area contributed by atoms with Gasteiger partial charge in [-0.15, -0.1) is 0 Å². The van der Waals surface area contributed by atoms with Crippen LogP contribution in [0, 0.1) is 0 Å². The summed E-state index contributed by atoms with van der Waals surface area (Å²) < 4.78 is 11.5. The average molecular weight is 285 g/mol. The highest BCUT2D eigenvalue weighted by molar-refractivity contribution is 6.74. The second-order valence-electron chi connectivity index (χ2n) is 6.40. The van der Waals surface area contributed by atoms with Gasteiger partial charge in [-0.1, -0.05) is 25.9 Å². The van der Waals surface area contributed by atoms with Crippen molar-refractivity contribution in [2.24, 2.45) is 5.11 Å². The van der Waals surface area contributed by atoms with Crippen LogP contribution >= 0.6 is 0 Å². The van der Waals surface area contributed by atoms with Gasteiger partial charge in [0.05, 0.1) is 12.6 Å². The van der Waals surface area contributed by atoms with Crippen LogP contribution in [0.15, 0.2) is 5.11 Å². The molecule has 0 saturated carbocycles. The Balaban J connectivity index is 2.80. The summed E-state index contributed by atoms with van der Waals surface area (Å²) in [6, 6.07) is 0. The van der Waals surface area contributed by atoms with Gasteiger partial charge in [-0.3, -0.25) is 4.79 Å². The first-order valence-electron chi connectivity index (χ1n) is 6.55. The number of carbonyl (C=O) groups is 1. The van der Waals surface area contributed by atoms with Crippen molar-refractivity contribution in [1.82, 2.24) is 0 Å². The summed E-state index contributed by atoms with van der Waals surface area (Å²) >= 11 is 0. The number of nitrogens with zero attached hydrogens (tertiary/aromatic N) is 3. The van der Waals surface area contributed by atoms with E-state index in [0.717, 1.165) is 0 Å². The van der Waals surface area contributed by atoms with E-state index < -0.39 is 8.32 Å². The fourth-order valence-electron chi connectivity index (χ4n) is 1.71. The number of ether oxygens (including phenoxy) is 1. The van der Waals surface area contributed by atoms with Gasteiger partial charge < -0.3 is 9.16 Å². The number of carbonyl (C=O) groups excluding carboxylic acids is 1. The maximum Gasteiger partial charge on any atom is 0.306 e. The topological polar surface area (TPSA) is 84.3 Å². The van der Waals surface area contributed by atoms with Crippen LogP contribution in [0.1, 0.15) is 33.6 Å². The summed E-state index contributed by atoms with van der Waals surface area (Å²) in [7, 11) is -1.98. The normalized spacial score (nSPS) is 21.7. The van der Waals surface area contributed by atoms with Crippen molar-refractivity contribution in [3.05, 3.63) is 10.4 Å². The molecule has 1 aliphatic rings. The van der Waals surface area contributed by atoms with E-state index in [1.165, 1.54) is 0 Å². The van der Waals surface area contributed by atoms with Crippen LogP contribution in [0.25, 0.3) is 10.4 Å². The second-order valence-corrected chi connectivity index (χ2v) is 11.2. The maximum atomic E-state index is 11.2. The second kappa shape index (κ2) is 5.94. The van der Waals surface area contributed by atoms with Crippen molar-refractivity contribution < 1.29 is 14.0 Å². The lowest BCUT2D eigenvalue weighted by atomic mass is 10.1. The van der Waals surface area contributed by atoms with Crippen LogP contribution < -0.4 is 0 Å². The molecule has 1 aliphatic heterocycles. The molecule has 0 amide bonds. The minimum atomic E-state index is -1.98. The summed E-state index contributed by atoms with van der Waals surface area (Å²) in [5.41, 5.74) is 8.47. The number of hydrogen-bond acceptors (Lipinski definition) is 4. The highest BCUT2D eigenvalue weighted by Crippen LogP contribution is 2.38. The van der Waals surface area contributed by atoms with Crippen LogP contribution in [0.2, 0.25) is 18.1 Å². The molecule has 0 N–H and O–H groups in total. The van der Waals surface area contributed by atoms with Crippen LogP contribution in [-0.2, 0) is 14.0 Å². The first-order chi connectivity index (χ1) is 8.67. The van der Waals surface area contributed by atoms with Crippen LogP contribution in [0.3, 0.4) is 0 Å². The number of cyclic esters (lactones) is 1. The van der Waals surface area contributed by atoms with Crippen molar-refractivity contribution in [2.75, 3.05) is 6.54 Å². The predicted molar refractivity (Wildman–Crippen MR) is 75.2 cm³/mol. The van der Waals surface area contributed by atoms with E-state index in [1.54, 1.807) is 0 Å². The molecule has 6 nitrogen and oxygen atoms in total. The van der Waals surface area contributed by atoms with Crippen molar-refractivity contribution in [2.45, 2.75) is 64.0 Å². The minimum Gasteiger partial charge on any atom is -0.460 e. The highest BCUT2D eigenvalue weighted by Gasteiger charge is 2.42. The molecule has 7 heteroatoms. The van der Waals surface area contributed by atoms with Gasteiger partial charge in [-0.2, -0.15) is 0 Å². The summed E-state index contributed by atoms with van der Waals surface area (Å²) in [6.45, 7) is 10.9. The summed E-state index contributed by atoms with van der Waals surface area (Å²) in [5.74, 6) is -0.199. The third-order valence-corrected chi connectivity index (χ3v) is 8.41. The zero-order chi connectivity index (χ0) is 14.7. The first-order valence-corrected chi connectivity index (χ1v) is 9.46. The van der Waals surface area contributed by atoms with Crippen LogP contribution in [0.5, 0.6) is 0 Å². The van der Waals surface area contributed by atoms with Gasteiger partial charge in [-0.05, 0) is 30.1 Å². The molecular weight excluding hydrogens is 262 g/mol. The third-order valence-electron chi connectivity index (χ3n) is 3.91. The Labute approximate surface area is 115 Å². The number of rotatable bonds is 5. The average Bonchev–Trinajstić information content (AvgIpc) is 2.69. The van der Waals surface area contributed by atoms with Gasteiger partial charge in [0.1, 0.15) is 6.10 Å². The quantitative estimate of drug-likeness (QED) is 0.255. The standard InChI is InChI=1S/C12H23N3O3Si/c1-12(2,3)19(4,5)18-10(8-14-15-13)9-6-7-11(16)17-9/h9-10H,6-8H2,1-5H3/t9-,10-/m0/s1. The molecule has 108 valence electrons. The fraction of sp³-hybridized carbons (Fsp3) is 0.917. The zero-order valence-electron chi connectivity index (χ0n) is 12.3. The predicted octanol–water partition coefficient (Wildman–Crippen LogP) is 3.39. The molecule has 0 unspecified atom stereocenters. The van der Waals surface area contributed by atoms with Crippen molar-refractivity contribution in [3.8, 4) is 0 Å². The lowest BCUT2D eigenvalue weighted by Gasteiger charge is -2.40. The summed E-state index contributed by atoms with van der Waals surface area (Å²) in [4.78, 5) is 14.0. The Kier molecular flexibility index (Phi) is 5.01. The van der Waals surface area contributed by atoms with E-state index in [-0.39, 0.29) is 29.8 Å². The minimum absolute atomic E-state index is 0.0597. The molecule has 19 heavy (non-hydrogen) atoms. The molecular formula is C12H23N3O3Si. The monoisotopic (exact) mass is 285 g/mol. The largest absolute Gasteiger partial charge is 0.460 e. The zero-order valence-corrected chi connectivity index (χ0v) is 13.3. The van der Waals surface area contributed by atoms with Crippen molar-refractivity contribution in [3.63, 3.8) is 0 Å². The Bertz CT molecular complexity index is 386. The molecule has 1 heterocycles. The van der Waals surface area contributed by atoms with Gasteiger partial charge >= 0.3 is 5.97 Å². The maximum absolute atomic E-state index is 11.2. The van der Waals surface area contributed by atoms with E-state index in [9.17, 15) is 4.79 Å². The van der Waals surface area contributed by atoms with Crippen molar-refractivity contribution in [1.29, 1.82) is 0 Å². The highest BCUT2D eigenvalue weighted by atomic mass is 28.4. The van der Waals surface area contributed by atoms with E-state index >= 15 is 0 Å². The van der Waals surface area contributed by atoms with Crippen molar-refractivity contribution >= 4 is 14.3 Å². The van der Waals surface area contributed by atoms with Gasteiger partial charge in [0, 0.05) is 11.3 Å². The first kappa shape index (κ1) is 16.0. The summed E-state index contributed by atoms with van der Waals surface area (Å²) in [5, 5.41) is 3.65. The smallest absolute Gasteiger partial charge is 0.306 e. The van der Waals surface area contributed by atoms with Gasteiger partial charge in [0.15, 0.2) is 8.32 Å². The lowest BCUT2D eigenvalue weighted by Crippen LogP contribution is -2.48. The Morgan fingerprint density at radius 1 is 1.58 bits per heavy atom. The molecule has 0 bridgehead atoms. The molecule has 1 fully saturated rings. The number of hydrogen-bond donors (Lipinski definition) is 0. The fourth-order valence-corrected chi connectivity index (χ4v) is 3.05. The summed E-state index contributed by atoms with van der Waals surface area (Å²) in [6.07, 6.45) is 0.438. The molecule has 0 radical (unpaired) electrons.